The highest BCUT2D eigenvalue weighted by atomic mass is 16.6. The molecule has 7 heteroatoms. The topological polar surface area (TPSA) is 106 Å². The highest BCUT2D eigenvalue weighted by molar-refractivity contribution is 5.93. The summed E-state index contributed by atoms with van der Waals surface area (Å²) >= 11 is 0. The Bertz CT molecular complexity index is 739. The number of benzene rings is 1. The number of carbonyl (C=O) groups is 1. The third-order valence-corrected chi connectivity index (χ3v) is 3.68. The van der Waals surface area contributed by atoms with Crippen LogP contribution < -0.4 is 5.32 Å². The van der Waals surface area contributed by atoms with E-state index in [-0.39, 0.29) is 29.9 Å². The van der Waals surface area contributed by atoms with Crippen LogP contribution in [0.1, 0.15) is 30.8 Å². The van der Waals surface area contributed by atoms with Crippen LogP contribution in [0.3, 0.4) is 0 Å². The molecule has 132 valence electrons. The van der Waals surface area contributed by atoms with E-state index < -0.39 is 11.0 Å². The molecule has 0 saturated heterocycles. The molecule has 0 saturated carbocycles. The van der Waals surface area contributed by atoms with Gasteiger partial charge in [0.25, 0.3) is 0 Å². The average Bonchev–Trinajstić information content (AvgIpc) is 3.09. The molecular formula is C18H20N2O5. The monoisotopic (exact) mass is 344 g/mol. The van der Waals surface area contributed by atoms with Gasteiger partial charge in [0.05, 0.1) is 12.2 Å². The Morgan fingerprint density at radius 1 is 1.32 bits per heavy atom. The minimum Gasteiger partial charge on any atom is -0.401 e. The van der Waals surface area contributed by atoms with Crippen LogP contribution in [-0.2, 0) is 4.79 Å². The Morgan fingerprint density at radius 2 is 2.04 bits per heavy atom. The molecule has 1 aromatic carbocycles. The summed E-state index contributed by atoms with van der Waals surface area (Å²) in [6.07, 6.45) is 2.31. The van der Waals surface area contributed by atoms with Crippen molar-refractivity contribution < 1.29 is 19.2 Å². The predicted octanol–water partition coefficient (Wildman–Crippen LogP) is 2.87. The average molecular weight is 344 g/mol. The van der Waals surface area contributed by atoms with E-state index in [0.29, 0.717) is 6.54 Å². The van der Waals surface area contributed by atoms with Crippen LogP contribution in [0.5, 0.6) is 0 Å². The van der Waals surface area contributed by atoms with Gasteiger partial charge in [-0.05, 0) is 30.7 Å². The summed E-state index contributed by atoms with van der Waals surface area (Å²) in [7, 11) is 0. The van der Waals surface area contributed by atoms with Crippen LogP contribution in [0.2, 0.25) is 0 Å². The molecule has 25 heavy (non-hydrogen) atoms. The fraction of sp³-hybridized carbons (Fsp3) is 0.278. The molecule has 1 heterocycles. The fourth-order valence-electron chi connectivity index (χ4n) is 2.26. The van der Waals surface area contributed by atoms with Gasteiger partial charge in [-0.15, -0.1) is 0 Å². The van der Waals surface area contributed by atoms with Gasteiger partial charge < -0.3 is 14.8 Å². The number of furan rings is 1. The zero-order valence-corrected chi connectivity index (χ0v) is 13.8. The molecule has 2 aromatic rings. The van der Waals surface area contributed by atoms with Crippen molar-refractivity contribution in [3.05, 3.63) is 70.0 Å². The Hall–Kier alpha value is -2.77. The first-order valence-corrected chi connectivity index (χ1v) is 7.89. The Balaban J connectivity index is 1.76. The molecule has 2 rings (SSSR count). The fourth-order valence-corrected chi connectivity index (χ4v) is 2.26. The van der Waals surface area contributed by atoms with Crippen molar-refractivity contribution in [2.45, 2.75) is 25.5 Å². The van der Waals surface area contributed by atoms with Crippen molar-refractivity contribution in [2.75, 3.05) is 6.54 Å². The van der Waals surface area contributed by atoms with Crippen molar-refractivity contribution in [3.8, 4) is 0 Å². The number of allylic oxidation sites excluding steroid dienone is 1. The summed E-state index contributed by atoms with van der Waals surface area (Å²) in [5, 5.41) is 23.8. The smallest absolute Gasteiger partial charge is 0.401 e. The molecule has 2 atom stereocenters. The zero-order valence-electron chi connectivity index (χ0n) is 13.8. The highest BCUT2D eigenvalue weighted by Gasteiger charge is 2.15. The lowest BCUT2D eigenvalue weighted by Crippen LogP contribution is -2.33. The van der Waals surface area contributed by atoms with Gasteiger partial charge in [0.15, 0.2) is 5.78 Å². The van der Waals surface area contributed by atoms with Crippen molar-refractivity contribution in [1.82, 2.24) is 5.32 Å². The van der Waals surface area contributed by atoms with Crippen molar-refractivity contribution in [1.29, 1.82) is 0 Å². The molecule has 1 aromatic heterocycles. The SMILES string of the molecule is CC(NCCC(=O)/C=C/c1ccc([N+](=O)[O-])o1)C(O)c1ccccc1. The minimum absolute atomic E-state index is 0.145. The molecule has 0 spiro atoms. The zero-order chi connectivity index (χ0) is 18.2. The lowest BCUT2D eigenvalue weighted by Gasteiger charge is -2.20. The summed E-state index contributed by atoms with van der Waals surface area (Å²) in [5.74, 6) is -0.258. The number of nitrogens with zero attached hydrogens (tertiary/aromatic N) is 1. The van der Waals surface area contributed by atoms with Crippen LogP contribution >= 0.6 is 0 Å². The van der Waals surface area contributed by atoms with Crippen LogP contribution in [-0.4, -0.2) is 28.4 Å². The van der Waals surface area contributed by atoms with Crippen LogP contribution in [0.15, 0.2) is 53.0 Å². The van der Waals surface area contributed by atoms with Crippen LogP contribution in [0.4, 0.5) is 5.88 Å². The van der Waals surface area contributed by atoms with E-state index >= 15 is 0 Å². The van der Waals surface area contributed by atoms with Crippen LogP contribution in [0.25, 0.3) is 6.08 Å². The Morgan fingerprint density at radius 3 is 2.68 bits per heavy atom. The molecule has 2 N–H and O–H groups in total. The van der Waals surface area contributed by atoms with Gasteiger partial charge in [-0.1, -0.05) is 30.3 Å². The Kier molecular flexibility index (Phi) is 6.62. The van der Waals surface area contributed by atoms with E-state index in [1.54, 1.807) is 0 Å². The summed E-state index contributed by atoms with van der Waals surface area (Å²) < 4.78 is 4.93. The number of ketones is 1. The number of nitro groups is 1. The predicted molar refractivity (Wildman–Crippen MR) is 92.9 cm³/mol. The maximum Gasteiger partial charge on any atom is 0.433 e. The summed E-state index contributed by atoms with van der Waals surface area (Å²) in [5.41, 5.74) is 0.813. The lowest BCUT2D eigenvalue weighted by atomic mass is 10.0. The van der Waals surface area contributed by atoms with E-state index in [4.69, 9.17) is 4.42 Å². The quantitative estimate of drug-likeness (QED) is 0.412. The lowest BCUT2D eigenvalue weighted by molar-refractivity contribution is -0.402. The standard InChI is InChI=1S/C18H20N2O5/c1-13(18(22)14-5-3-2-4-6-14)19-12-11-15(21)7-8-16-9-10-17(25-16)20(23)24/h2-10,13,18-19,22H,11-12H2,1H3/b8-7+. The molecule has 0 aliphatic heterocycles. The molecule has 0 radical (unpaired) electrons. The minimum atomic E-state index is -0.657. The third kappa shape index (κ3) is 5.66. The van der Waals surface area contributed by atoms with E-state index in [1.807, 2.05) is 37.3 Å². The van der Waals surface area contributed by atoms with E-state index in [9.17, 15) is 20.0 Å². The number of aliphatic hydroxyl groups excluding tert-OH is 1. The van der Waals surface area contributed by atoms with Gasteiger partial charge in [0, 0.05) is 19.0 Å². The number of carbonyl (C=O) groups excluding carboxylic acids is 1. The number of hydrogen-bond donors (Lipinski definition) is 2. The van der Waals surface area contributed by atoms with Gasteiger partial charge in [0.1, 0.15) is 10.7 Å². The van der Waals surface area contributed by atoms with Gasteiger partial charge in [-0.2, -0.15) is 0 Å². The van der Waals surface area contributed by atoms with Gasteiger partial charge in [-0.25, -0.2) is 0 Å². The van der Waals surface area contributed by atoms with Gasteiger partial charge in [-0.3, -0.25) is 14.9 Å². The first-order valence-electron chi connectivity index (χ1n) is 7.89. The van der Waals surface area contributed by atoms with E-state index in [2.05, 4.69) is 5.32 Å². The number of hydrogen-bond acceptors (Lipinski definition) is 6. The third-order valence-electron chi connectivity index (χ3n) is 3.68. The summed E-state index contributed by atoms with van der Waals surface area (Å²) in [4.78, 5) is 21.7. The molecule has 0 fully saturated rings. The molecule has 0 bridgehead atoms. The highest BCUT2D eigenvalue weighted by Crippen LogP contribution is 2.17. The van der Waals surface area contributed by atoms with Crippen LogP contribution in [0, 0.1) is 10.1 Å². The normalized spacial score (nSPS) is 13.7. The van der Waals surface area contributed by atoms with Crippen molar-refractivity contribution in [3.63, 3.8) is 0 Å². The second-order valence-electron chi connectivity index (χ2n) is 5.58. The Labute approximate surface area is 145 Å². The first-order chi connectivity index (χ1) is 12.0. The first kappa shape index (κ1) is 18.6. The number of rotatable bonds is 9. The second-order valence-corrected chi connectivity index (χ2v) is 5.58. The number of nitrogens with one attached hydrogen (secondary N) is 1. The molecule has 0 amide bonds. The summed E-state index contributed by atoms with van der Waals surface area (Å²) in [6.45, 7) is 2.26. The van der Waals surface area contributed by atoms with Crippen molar-refractivity contribution >= 4 is 17.7 Å². The second kappa shape index (κ2) is 8.91. The molecule has 0 aliphatic carbocycles. The van der Waals surface area contributed by atoms with E-state index in [1.165, 1.54) is 24.3 Å². The maximum atomic E-state index is 11.8. The number of aliphatic hydroxyl groups is 1. The summed E-state index contributed by atoms with van der Waals surface area (Å²) in [6, 6.07) is 11.8. The molecule has 2 unspecified atom stereocenters. The van der Waals surface area contributed by atoms with Gasteiger partial charge >= 0.3 is 5.88 Å². The molecular weight excluding hydrogens is 324 g/mol. The van der Waals surface area contributed by atoms with Gasteiger partial charge in [0.2, 0.25) is 0 Å². The molecule has 7 nitrogen and oxygen atoms in total. The molecule has 0 aliphatic rings. The van der Waals surface area contributed by atoms with E-state index in [0.717, 1.165) is 5.56 Å². The maximum absolute atomic E-state index is 11.8. The van der Waals surface area contributed by atoms with Crippen molar-refractivity contribution in [2.24, 2.45) is 0 Å². The largest absolute Gasteiger partial charge is 0.433 e.